The van der Waals surface area contributed by atoms with Gasteiger partial charge in [0.2, 0.25) is 0 Å². The van der Waals surface area contributed by atoms with E-state index in [0.717, 1.165) is 56.9 Å². The van der Waals surface area contributed by atoms with Crippen molar-refractivity contribution in [2.45, 2.75) is 107 Å². The second-order valence-electron chi connectivity index (χ2n) is 12.8. The van der Waals surface area contributed by atoms with Gasteiger partial charge in [0.15, 0.2) is 6.29 Å². The Balaban J connectivity index is 1.21. The number of aliphatic hydroxyl groups is 3. The molecule has 0 aromatic carbocycles. The average molecular weight is 516 g/mol. The van der Waals surface area contributed by atoms with E-state index < -0.39 is 30.1 Å². The standard InChI is InChI=1S/C29H41NO7/c1-27-10-7-18(37-26-25(33)24(32)22(30)15-36-26)13-17(27)4-5-21-20(27)8-11-28(2)19(9-12-29(21,28)34)16-3-6-23(31)35-14-16/h3,6,13-14,18-22,24-26,32-34H,4-5,7-12,15,30H2,1-2H3/t18-,19+,20?,21?,22-,24?,25-,26+,27-,28+,29-/m0/s1. The van der Waals surface area contributed by atoms with Crippen LogP contribution in [-0.2, 0) is 9.47 Å². The van der Waals surface area contributed by atoms with Gasteiger partial charge in [0, 0.05) is 11.5 Å². The predicted octanol–water partition coefficient (Wildman–Crippen LogP) is 2.59. The highest BCUT2D eigenvalue weighted by molar-refractivity contribution is 5.31. The van der Waals surface area contributed by atoms with E-state index in [1.807, 2.05) is 6.07 Å². The van der Waals surface area contributed by atoms with Crippen LogP contribution in [0.1, 0.15) is 76.7 Å². The minimum absolute atomic E-state index is 0.00533. The van der Waals surface area contributed by atoms with Crippen LogP contribution in [0.25, 0.3) is 0 Å². The Bertz CT molecular complexity index is 1100. The van der Waals surface area contributed by atoms with Crippen molar-refractivity contribution in [1.82, 2.24) is 0 Å². The number of allylic oxidation sites excluding steroid dienone is 1. The summed E-state index contributed by atoms with van der Waals surface area (Å²) in [5, 5.41) is 32.9. The summed E-state index contributed by atoms with van der Waals surface area (Å²) in [6.07, 6.45) is 7.83. The molecule has 3 unspecified atom stereocenters. The first-order valence-electron chi connectivity index (χ1n) is 14.0. The van der Waals surface area contributed by atoms with Crippen LogP contribution >= 0.6 is 0 Å². The van der Waals surface area contributed by atoms with E-state index in [1.165, 1.54) is 11.6 Å². The summed E-state index contributed by atoms with van der Waals surface area (Å²) in [5.41, 5.74) is 6.88. The molecule has 0 amide bonds. The fourth-order valence-electron chi connectivity index (χ4n) is 8.98. The Hall–Kier alpha value is -1.55. The maximum atomic E-state index is 12.4. The molecule has 1 aliphatic heterocycles. The Labute approximate surface area is 217 Å². The van der Waals surface area contributed by atoms with Gasteiger partial charge < -0.3 is 34.9 Å². The fourth-order valence-corrected chi connectivity index (χ4v) is 8.98. The van der Waals surface area contributed by atoms with Gasteiger partial charge in [0.1, 0.15) is 12.2 Å². The number of hydrogen-bond acceptors (Lipinski definition) is 8. The molecule has 5 aliphatic rings. The van der Waals surface area contributed by atoms with Crippen LogP contribution in [-0.4, -0.2) is 58.2 Å². The van der Waals surface area contributed by atoms with Crippen molar-refractivity contribution in [3.8, 4) is 0 Å². The van der Waals surface area contributed by atoms with Crippen LogP contribution in [0, 0.1) is 22.7 Å². The SMILES string of the molecule is C[C@]12CC[C@H](O[C@H]3OC[C@H](N)C(O)[C@@H]3O)C=C1CCC1C2CC[C@]2(C)[C@@H](c3ccc(=O)oc3)CC[C@]12O. The Morgan fingerprint density at radius 2 is 1.84 bits per heavy atom. The highest BCUT2D eigenvalue weighted by atomic mass is 16.7. The molecule has 0 radical (unpaired) electrons. The minimum atomic E-state index is -1.16. The van der Waals surface area contributed by atoms with Crippen LogP contribution in [0.2, 0.25) is 0 Å². The predicted molar refractivity (Wildman–Crippen MR) is 135 cm³/mol. The molecule has 8 nitrogen and oxygen atoms in total. The van der Waals surface area contributed by atoms with Gasteiger partial charge in [-0.2, -0.15) is 0 Å². The first-order valence-corrected chi connectivity index (χ1v) is 14.0. The van der Waals surface area contributed by atoms with Crippen LogP contribution in [0.3, 0.4) is 0 Å². The highest BCUT2D eigenvalue weighted by Gasteiger charge is 2.66. The molecule has 1 saturated heterocycles. The number of rotatable bonds is 3. The molecule has 4 aliphatic carbocycles. The summed E-state index contributed by atoms with van der Waals surface area (Å²) in [6, 6.07) is 2.76. The summed E-state index contributed by atoms with van der Waals surface area (Å²) < 4.78 is 16.9. The molecule has 6 rings (SSSR count). The van der Waals surface area contributed by atoms with Gasteiger partial charge in [-0.05, 0) is 86.2 Å². The minimum Gasteiger partial charge on any atom is -0.431 e. The Kier molecular flexibility index (Phi) is 6.25. The summed E-state index contributed by atoms with van der Waals surface area (Å²) in [4.78, 5) is 11.5. The molecule has 8 heteroatoms. The molecule has 1 aromatic heterocycles. The van der Waals surface area contributed by atoms with Gasteiger partial charge in [0.05, 0.1) is 30.6 Å². The number of hydrogen-bond donors (Lipinski definition) is 4. The van der Waals surface area contributed by atoms with Crippen molar-refractivity contribution in [1.29, 1.82) is 0 Å². The second kappa shape index (κ2) is 9.00. The van der Waals surface area contributed by atoms with Crippen molar-refractivity contribution in [3.63, 3.8) is 0 Å². The number of ether oxygens (including phenoxy) is 2. The summed E-state index contributed by atoms with van der Waals surface area (Å²) in [6.45, 7) is 4.77. The zero-order chi connectivity index (χ0) is 26.2. The van der Waals surface area contributed by atoms with Gasteiger partial charge in [0.25, 0.3) is 0 Å². The largest absolute Gasteiger partial charge is 0.431 e. The summed E-state index contributed by atoms with van der Waals surface area (Å²) in [5.74, 6) is 0.809. The summed E-state index contributed by atoms with van der Waals surface area (Å²) >= 11 is 0. The van der Waals surface area contributed by atoms with Crippen molar-refractivity contribution in [2.75, 3.05) is 6.61 Å². The van der Waals surface area contributed by atoms with E-state index in [4.69, 9.17) is 19.6 Å². The molecule has 5 N–H and O–H groups in total. The van der Waals surface area contributed by atoms with Crippen molar-refractivity contribution in [3.05, 3.63) is 46.0 Å². The molecule has 204 valence electrons. The molecule has 2 heterocycles. The first-order chi connectivity index (χ1) is 17.6. The van der Waals surface area contributed by atoms with Gasteiger partial charge in [-0.15, -0.1) is 0 Å². The Morgan fingerprint density at radius 3 is 2.59 bits per heavy atom. The Morgan fingerprint density at radius 1 is 1.03 bits per heavy atom. The van der Waals surface area contributed by atoms with Crippen LogP contribution in [0.5, 0.6) is 0 Å². The van der Waals surface area contributed by atoms with E-state index in [9.17, 15) is 20.1 Å². The maximum Gasteiger partial charge on any atom is 0.335 e. The molecule has 11 atom stereocenters. The number of nitrogens with two attached hydrogens (primary N) is 1. The molecule has 0 spiro atoms. The topological polar surface area (TPSA) is 135 Å². The third kappa shape index (κ3) is 3.82. The quantitative estimate of drug-likeness (QED) is 0.451. The third-order valence-electron chi connectivity index (χ3n) is 11.2. The van der Waals surface area contributed by atoms with E-state index in [0.29, 0.717) is 5.92 Å². The van der Waals surface area contributed by atoms with Crippen molar-refractivity contribution < 1.29 is 29.2 Å². The van der Waals surface area contributed by atoms with E-state index in [-0.39, 0.29) is 41.0 Å². The lowest BCUT2D eigenvalue weighted by molar-refractivity contribution is -0.259. The number of fused-ring (bicyclic) bond motifs is 5. The maximum absolute atomic E-state index is 12.4. The molecular weight excluding hydrogens is 474 g/mol. The number of aliphatic hydroxyl groups excluding tert-OH is 2. The monoisotopic (exact) mass is 515 g/mol. The molecule has 37 heavy (non-hydrogen) atoms. The molecule has 0 bridgehead atoms. The third-order valence-corrected chi connectivity index (χ3v) is 11.2. The lowest BCUT2D eigenvalue weighted by atomic mass is 9.45. The van der Waals surface area contributed by atoms with Gasteiger partial charge in [-0.3, -0.25) is 0 Å². The van der Waals surface area contributed by atoms with E-state index >= 15 is 0 Å². The fraction of sp³-hybridized carbons (Fsp3) is 0.759. The smallest absolute Gasteiger partial charge is 0.335 e. The molecule has 4 fully saturated rings. The van der Waals surface area contributed by atoms with E-state index in [1.54, 1.807) is 6.26 Å². The molecule has 1 aromatic rings. The van der Waals surface area contributed by atoms with Gasteiger partial charge >= 0.3 is 5.63 Å². The van der Waals surface area contributed by atoms with E-state index in [2.05, 4.69) is 19.9 Å². The molecular formula is C29H41NO7. The highest BCUT2D eigenvalue weighted by Crippen LogP contribution is 2.70. The second-order valence-corrected chi connectivity index (χ2v) is 12.8. The zero-order valence-electron chi connectivity index (χ0n) is 21.8. The van der Waals surface area contributed by atoms with Crippen LogP contribution in [0.15, 0.2) is 39.3 Å². The van der Waals surface area contributed by atoms with Gasteiger partial charge in [-0.1, -0.05) is 25.5 Å². The zero-order valence-corrected chi connectivity index (χ0v) is 21.8. The lowest BCUT2D eigenvalue weighted by Crippen LogP contribution is -2.60. The van der Waals surface area contributed by atoms with Gasteiger partial charge in [-0.25, -0.2) is 4.79 Å². The first kappa shape index (κ1) is 25.7. The van der Waals surface area contributed by atoms with Crippen LogP contribution in [0.4, 0.5) is 0 Å². The normalized spacial score (nSPS) is 49.5. The summed E-state index contributed by atoms with van der Waals surface area (Å²) in [7, 11) is 0. The van der Waals surface area contributed by atoms with Crippen LogP contribution < -0.4 is 11.4 Å². The average Bonchev–Trinajstić information content (AvgIpc) is 3.16. The van der Waals surface area contributed by atoms with Crippen molar-refractivity contribution >= 4 is 0 Å². The molecule has 3 saturated carbocycles. The van der Waals surface area contributed by atoms with Crippen molar-refractivity contribution in [2.24, 2.45) is 28.4 Å². The lowest BCUT2D eigenvalue weighted by Gasteiger charge is -2.62.